The van der Waals surface area contributed by atoms with Crippen molar-refractivity contribution < 1.29 is 33.3 Å². The van der Waals surface area contributed by atoms with Gasteiger partial charge in [0.15, 0.2) is 11.9 Å². The van der Waals surface area contributed by atoms with Crippen molar-refractivity contribution in [2.45, 2.75) is 30.5 Å². The number of amides is 1. The summed E-state index contributed by atoms with van der Waals surface area (Å²) in [6.45, 7) is 2.22. The standard InChI is InChI=1S/C31H34F2N8O5/c32-31(33)18-40(28(44)15-43)8-7-27(31)46-26-6-1-20(11-21(26)12-34)29-35-19-36-30(38-29)37-22-2-4-23(5-3-22)39-9-10-41(24(13-39)14-42)25-16-45-17-25/h1-6,11,19,24-25,27,42-43H,7-10,13-18H2,(H,35,36,37,38)/t24-,27+/m1/s1. The molecule has 0 saturated carbocycles. The van der Waals surface area contributed by atoms with Crippen molar-refractivity contribution in [3.8, 4) is 23.2 Å². The number of nitrogens with zero attached hydrogens (tertiary/aromatic N) is 7. The number of piperidine rings is 1. The molecule has 15 heteroatoms. The Balaban J connectivity index is 1.10. The van der Waals surface area contributed by atoms with Gasteiger partial charge in [-0.3, -0.25) is 9.69 Å². The van der Waals surface area contributed by atoms with E-state index in [0.717, 1.165) is 35.9 Å². The lowest BCUT2D eigenvalue weighted by atomic mass is 10.0. The zero-order valence-corrected chi connectivity index (χ0v) is 24.9. The first-order valence-corrected chi connectivity index (χ1v) is 15.0. The van der Waals surface area contributed by atoms with Crippen molar-refractivity contribution in [2.75, 3.05) is 69.4 Å². The lowest BCUT2D eigenvalue weighted by molar-refractivity contribution is -0.161. The molecule has 6 rings (SSSR count). The average molecular weight is 637 g/mol. The number of benzene rings is 2. The van der Waals surface area contributed by atoms with E-state index in [1.54, 1.807) is 6.07 Å². The molecule has 242 valence electrons. The smallest absolute Gasteiger partial charge is 0.301 e. The molecule has 46 heavy (non-hydrogen) atoms. The molecule has 3 N–H and O–H groups in total. The van der Waals surface area contributed by atoms with E-state index in [-0.39, 0.29) is 48.7 Å². The van der Waals surface area contributed by atoms with E-state index in [9.17, 15) is 23.9 Å². The average Bonchev–Trinajstić information content (AvgIpc) is 3.05. The number of likely N-dealkylation sites (tertiary alicyclic amines) is 1. The summed E-state index contributed by atoms with van der Waals surface area (Å²) >= 11 is 0. The fourth-order valence-corrected chi connectivity index (χ4v) is 5.93. The summed E-state index contributed by atoms with van der Waals surface area (Å²) < 4.78 is 40.5. The second-order valence-electron chi connectivity index (χ2n) is 11.5. The highest BCUT2D eigenvalue weighted by atomic mass is 19.3. The van der Waals surface area contributed by atoms with Gasteiger partial charge < -0.3 is 34.8 Å². The van der Waals surface area contributed by atoms with Gasteiger partial charge in [0.05, 0.1) is 44.0 Å². The van der Waals surface area contributed by atoms with Gasteiger partial charge in [-0.15, -0.1) is 0 Å². The number of alkyl halides is 2. The van der Waals surface area contributed by atoms with Crippen LogP contribution < -0.4 is 15.0 Å². The number of carbonyl (C=O) groups is 1. The lowest BCUT2D eigenvalue weighted by Crippen LogP contribution is -2.62. The molecule has 4 heterocycles. The van der Waals surface area contributed by atoms with Crippen LogP contribution in [0.4, 0.5) is 26.1 Å². The van der Waals surface area contributed by atoms with E-state index in [1.165, 1.54) is 18.5 Å². The van der Waals surface area contributed by atoms with E-state index in [4.69, 9.17) is 14.6 Å². The number of ether oxygens (including phenoxy) is 2. The summed E-state index contributed by atoms with van der Waals surface area (Å²) in [7, 11) is 0. The molecule has 2 aromatic carbocycles. The van der Waals surface area contributed by atoms with E-state index in [1.807, 2.05) is 30.3 Å². The number of nitriles is 1. The zero-order valence-electron chi connectivity index (χ0n) is 24.9. The first-order valence-electron chi connectivity index (χ1n) is 15.0. The van der Waals surface area contributed by atoms with Crippen LogP contribution in [0.25, 0.3) is 11.4 Å². The van der Waals surface area contributed by atoms with Crippen molar-refractivity contribution in [1.29, 1.82) is 5.26 Å². The Morgan fingerprint density at radius 2 is 1.93 bits per heavy atom. The minimum atomic E-state index is -3.37. The van der Waals surface area contributed by atoms with Crippen LogP contribution in [0, 0.1) is 11.3 Å². The van der Waals surface area contributed by atoms with Gasteiger partial charge in [0.1, 0.15) is 24.8 Å². The molecule has 0 bridgehead atoms. The molecule has 3 aliphatic rings. The number of hydrogen-bond donors (Lipinski definition) is 3. The highest BCUT2D eigenvalue weighted by molar-refractivity contribution is 5.77. The fraction of sp³-hybridized carbons (Fsp3) is 0.452. The van der Waals surface area contributed by atoms with Crippen LogP contribution >= 0.6 is 0 Å². The van der Waals surface area contributed by atoms with Crippen molar-refractivity contribution in [3.05, 3.63) is 54.4 Å². The molecule has 2 atom stereocenters. The van der Waals surface area contributed by atoms with Crippen LogP contribution in [0.3, 0.4) is 0 Å². The number of rotatable bonds is 9. The molecule has 3 aliphatic heterocycles. The van der Waals surface area contributed by atoms with Gasteiger partial charge in [-0.25, -0.2) is 18.7 Å². The third-order valence-corrected chi connectivity index (χ3v) is 8.54. The number of nitrogens with one attached hydrogen (secondary N) is 1. The predicted molar refractivity (Wildman–Crippen MR) is 162 cm³/mol. The number of aromatic nitrogens is 3. The summed E-state index contributed by atoms with van der Waals surface area (Å²) in [4.78, 5) is 30.1. The van der Waals surface area contributed by atoms with E-state index < -0.39 is 31.1 Å². The SMILES string of the molecule is N#Cc1cc(-c2ncnc(Nc3ccc(N4CCN(C5COC5)[C@@H](CO)C4)cc3)n2)ccc1O[C@H]1CCN(C(=O)CO)CC1(F)F. The Kier molecular flexibility index (Phi) is 9.22. The summed E-state index contributed by atoms with van der Waals surface area (Å²) in [5.74, 6) is -3.62. The topological polar surface area (TPSA) is 160 Å². The first kappa shape index (κ1) is 31.5. The minimum absolute atomic E-state index is 0.000719. The van der Waals surface area contributed by atoms with Crippen molar-refractivity contribution >= 4 is 23.2 Å². The second-order valence-corrected chi connectivity index (χ2v) is 11.5. The molecule has 3 saturated heterocycles. The van der Waals surface area contributed by atoms with Gasteiger partial charge in [0.2, 0.25) is 11.9 Å². The molecule has 3 aromatic rings. The molecule has 3 fully saturated rings. The Bertz CT molecular complexity index is 1590. The summed E-state index contributed by atoms with van der Waals surface area (Å²) in [5.41, 5.74) is 2.28. The second kappa shape index (κ2) is 13.5. The first-order chi connectivity index (χ1) is 22.3. The Labute approximate surface area is 264 Å². The zero-order chi connectivity index (χ0) is 32.3. The molecular weight excluding hydrogens is 602 g/mol. The number of aliphatic hydroxyl groups excluding tert-OH is 2. The van der Waals surface area contributed by atoms with Crippen LogP contribution in [0.2, 0.25) is 0 Å². The highest BCUT2D eigenvalue weighted by Crippen LogP contribution is 2.34. The molecule has 0 spiro atoms. The van der Waals surface area contributed by atoms with Gasteiger partial charge in [-0.1, -0.05) is 0 Å². The third-order valence-electron chi connectivity index (χ3n) is 8.54. The largest absolute Gasteiger partial charge is 0.483 e. The number of anilines is 3. The normalized spacial score (nSPS) is 21.7. The van der Waals surface area contributed by atoms with Gasteiger partial charge in [0.25, 0.3) is 0 Å². The maximum Gasteiger partial charge on any atom is 0.301 e. The summed E-state index contributed by atoms with van der Waals surface area (Å²) in [6.07, 6.45) is -0.375. The van der Waals surface area contributed by atoms with Crippen LogP contribution in [-0.2, 0) is 9.53 Å². The minimum Gasteiger partial charge on any atom is -0.483 e. The molecule has 1 amide bonds. The van der Waals surface area contributed by atoms with Gasteiger partial charge >= 0.3 is 5.92 Å². The van der Waals surface area contributed by atoms with Gasteiger partial charge in [0, 0.05) is 49.5 Å². The van der Waals surface area contributed by atoms with Gasteiger partial charge in [-0.05, 0) is 42.5 Å². The number of hydrogen-bond acceptors (Lipinski definition) is 12. The predicted octanol–water partition coefficient (Wildman–Crippen LogP) is 1.64. The summed E-state index contributed by atoms with van der Waals surface area (Å²) in [6, 6.07) is 14.7. The molecule has 0 unspecified atom stereocenters. The van der Waals surface area contributed by atoms with Crippen LogP contribution in [0.15, 0.2) is 48.8 Å². The summed E-state index contributed by atoms with van der Waals surface area (Å²) in [5, 5.41) is 31.9. The quantitative estimate of drug-likeness (QED) is 0.312. The molecule has 13 nitrogen and oxygen atoms in total. The van der Waals surface area contributed by atoms with Crippen molar-refractivity contribution in [2.24, 2.45) is 0 Å². The monoisotopic (exact) mass is 636 g/mol. The van der Waals surface area contributed by atoms with E-state index >= 15 is 0 Å². The highest BCUT2D eigenvalue weighted by Gasteiger charge is 2.47. The van der Waals surface area contributed by atoms with Crippen LogP contribution in [0.5, 0.6) is 5.75 Å². The molecule has 1 aromatic heterocycles. The Morgan fingerprint density at radius 3 is 2.61 bits per heavy atom. The van der Waals surface area contributed by atoms with Crippen LogP contribution in [0.1, 0.15) is 12.0 Å². The maximum atomic E-state index is 14.8. The number of halogens is 2. The van der Waals surface area contributed by atoms with Gasteiger partial charge in [-0.2, -0.15) is 10.2 Å². The van der Waals surface area contributed by atoms with E-state index in [2.05, 4.69) is 30.1 Å². The molecule has 0 radical (unpaired) electrons. The maximum absolute atomic E-state index is 14.8. The molecular formula is C31H34F2N8O5. The number of carbonyl (C=O) groups excluding carboxylic acids is 1. The van der Waals surface area contributed by atoms with Crippen molar-refractivity contribution in [1.82, 2.24) is 24.8 Å². The van der Waals surface area contributed by atoms with Crippen LogP contribution in [-0.4, -0.2) is 124 Å². The number of piperazine rings is 1. The lowest BCUT2D eigenvalue weighted by Gasteiger charge is -2.47. The van der Waals surface area contributed by atoms with Crippen molar-refractivity contribution in [3.63, 3.8) is 0 Å². The Hall–Kier alpha value is -4.49. The van der Waals surface area contributed by atoms with E-state index in [0.29, 0.717) is 24.8 Å². The third kappa shape index (κ3) is 6.70. The number of aliphatic hydroxyl groups is 2. The molecule has 0 aliphatic carbocycles. The Morgan fingerprint density at radius 1 is 1.13 bits per heavy atom. The fourth-order valence-electron chi connectivity index (χ4n) is 5.93.